The van der Waals surface area contributed by atoms with Crippen molar-refractivity contribution >= 4 is 29.2 Å². The van der Waals surface area contributed by atoms with Gasteiger partial charge in [0.05, 0.1) is 23.4 Å². The predicted octanol–water partition coefficient (Wildman–Crippen LogP) is 2.01. The lowest BCUT2D eigenvalue weighted by Gasteiger charge is -2.10. The van der Waals surface area contributed by atoms with Crippen molar-refractivity contribution < 1.29 is 19.4 Å². The molecule has 86 valence electrons. The van der Waals surface area contributed by atoms with Crippen molar-refractivity contribution in [2.75, 3.05) is 12.4 Å². The minimum atomic E-state index is -1.17. The Morgan fingerprint density at radius 3 is 2.50 bits per heavy atom. The Hall–Kier alpha value is -1.75. The highest BCUT2D eigenvalue weighted by molar-refractivity contribution is 6.33. The molecule has 1 aromatic carbocycles. The van der Waals surface area contributed by atoms with E-state index in [1.807, 2.05) is 0 Å². The molecular formula is C10H10ClNO4. The zero-order valence-corrected chi connectivity index (χ0v) is 9.46. The quantitative estimate of drug-likeness (QED) is 0.851. The second kappa shape index (κ2) is 4.85. The molecule has 0 aromatic heterocycles. The molecule has 1 aromatic rings. The number of carboxylic acids is 1. The summed E-state index contributed by atoms with van der Waals surface area (Å²) in [5.74, 6) is -1.18. The van der Waals surface area contributed by atoms with Crippen LogP contribution in [0.5, 0.6) is 5.75 Å². The first-order valence-corrected chi connectivity index (χ1v) is 4.72. The Kier molecular flexibility index (Phi) is 3.73. The van der Waals surface area contributed by atoms with Crippen molar-refractivity contribution in [2.24, 2.45) is 0 Å². The van der Waals surface area contributed by atoms with E-state index < -0.39 is 5.97 Å². The molecule has 5 nitrogen and oxygen atoms in total. The van der Waals surface area contributed by atoms with Gasteiger partial charge < -0.3 is 15.2 Å². The number of amides is 1. The van der Waals surface area contributed by atoms with Gasteiger partial charge in [-0.2, -0.15) is 0 Å². The lowest BCUT2D eigenvalue weighted by Crippen LogP contribution is -2.09. The average Bonchev–Trinajstić information content (AvgIpc) is 2.18. The molecule has 0 spiro atoms. The molecule has 6 heteroatoms. The van der Waals surface area contributed by atoms with E-state index in [4.69, 9.17) is 21.4 Å². The molecule has 0 saturated carbocycles. The first-order chi connectivity index (χ1) is 7.45. The fraction of sp³-hybridized carbons (Fsp3) is 0.200. The Morgan fingerprint density at radius 2 is 2.06 bits per heavy atom. The maximum Gasteiger partial charge on any atom is 0.337 e. The fourth-order valence-electron chi connectivity index (χ4n) is 1.18. The summed E-state index contributed by atoms with van der Waals surface area (Å²) in [6.07, 6.45) is 0. The van der Waals surface area contributed by atoms with Crippen molar-refractivity contribution in [2.45, 2.75) is 6.92 Å². The van der Waals surface area contributed by atoms with Gasteiger partial charge in [-0.15, -0.1) is 0 Å². The number of carbonyl (C=O) groups is 2. The van der Waals surface area contributed by atoms with Gasteiger partial charge in [0.25, 0.3) is 0 Å². The number of benzene rings is 1. The van der Waals surface area contributed by atoms with Crippen molar-refractivity contribution in [1.82, 2.24) is 0 Å². The number of halogens is 1. The Morgan fingerprint density at radius 1 is 1.44 bits per heavy atom. The normalized spacial score (nSPS) is 9.69. The van der Waals surface area contributed by atoms with E-state index in [1.165, 1.54) is 26.2 Å². The maximum absolute atomic E-state index is 10.9. The van der Waals surface area contributed by atoms with Crippen LogP contribution in [0.25, 0.3) is 0 Å². The average molecular weight is 244 g/mol. The van der Waals surface area contributed by atoms with E-state index in [0.29, 0.717) is 5.75 Å². The Balaban J connectivity index is 3.28. The van der Waals surface area contributed by atoms with Crippen molar-refractivity contribution in [3.63, 3.8) is 0 Å². The summed E-state index contributed by atoms with van der Waals surface area (Å²) in [4.78, 5) is 21.7. The lowest BCUT2D eigenvalue weighted by molar-refractivity contribution is -0.114. The third-order valence-electron chi connectivity index (χ3n) is 1.83. The van der Waals surface area contributed by atoms with Crippen molar-refractivity contribution in [3.8, 4) is 5.75 Å². The summed E-state index contributed by atoms with van der Waals surface area (Å²) >= 11 is 5.74. The van der Waals surface area contributed by atoms with Crippen LogP contribution in [0, 0.1) is 0 Å². The topological polar surface area (TPSA) is 75.6 Å². The van der Waals surface area contributed by atoms with Crippen molar-refractivity contribution in [1.29, 1.82) is 0 Å². The number of hydrogen-bond acceptors (Lipinski definition) is 3. The SMILES string of the molecule is COc1cc(Cl)c(C(=O)O)cc1NC(C)=O. The van der Waals surface area contributed by atoms with Crippen molar-refractivity contribution in [3.05, 3.63) is 22.7 Å². The van der Waals surface area contributed by atoms with Gasteiger partial charge >= 0.3 is 5.97 Å². The van der Waals surface area contributed by atoms with Gasteiger partial charge in [-0.3, -0.25) is 4.79 Å². The van der Waals surface area contributed by atoms with Crippen LogP contribution in [0.3, 0.4) is 0 Å². The summed E-state index contributed by atoms with van der Waals surface area (Å²) < 4.78 is 4.97. The summed E-state index contributed by atoms with van der Waals surface area (Å²) in [5, 5.41) is 11.4. The number of nitrogens with one attached hydrogen (secondary N) is 1. The molecule has 0 unspecified atom stereocenters. The second-order valence-corrected chi connectivity index (χ2v) is 3.43. The zero-order chi connectivity index (χ0) is 12.3. The van der Waals surface area contributed by atoms with Crippen LogP contribution in [0.15, 0.2) is 12.1 Å². The van der Waals surface area contributed by atoms with Gasteiger partial charge in [0.2, 0.25) is 5.91 Å². The first-order valence-electron chi connectivity index (χ1n) is 4.34. The third kappa shape index (κ3) is 2.64. The van der Waals surface area contributed by atoms with E-state index in [0.717, 1.165) is 0 Å². The van der Waals surface area contributed by atoms with Gasteiger partial charge in [0.15, 0.2) is 0 Å². The third-order valence-corrected chi connectivity index (χ3v) is 2.14. The largest absolute Gasteiger partial charge is 0.495 e. The summed E-state index contributed by atoms with van der Waals surface area (Å²) in [6.45, 7) is 1.31. The van der Waals surface area contributed by atoms with Gasteiger partial charge in [0.1, 0.15) is 5.75 Å². The molecule has 0 aliphatic heterocycles. The van der Waals surface area contributed by atoms with Crippen LogP contribution >= 0.6 is 11.6 Å². The minimum absolute atomic E-state index is 0.0541. The van der Waals surface area contributed by atoms with Gasteiger partial charge in [0, 0.05) is 13.0 Å². The van der Waals surface area contributed by atoms with Crippen LogP contribution in [-0.2, 0) is 4.79 Å². The number of aromatic carboxylic acids is 1. The van der Waals surface area contributed by atoms with Crippen LogP contribution < -0.4 is 10.1 Å². The first kappa shape index (κ1) is 12.3. The highest BCUT2D eigenvalue weighted by atomic mass is 35.5. The monoisotopic (exact) mass is 243 g/mol. The molecule has 0 heterocycles. The summed E-state index contributed by atoms with van der Waals surface area (Å²) in [6, 6.07) is 2.60. The number of carboxylic acid groups (broad SMARTS) is 1. The number of carbonyl (C=O) groups excluding carboxylic acids is 1. The van der Waals surface area contributed by atoms with Crippen LogP contribution in [0.2, 0.25) is 5.02 Å². The molecule has 1 rings (SSSR count). The minimum Gasteiger partial charge on any atom is -0.495 e. The van der Waals surface area contributed by atoms with E-state index in [2.05, 4.69) is 5.32 Å². The molecule has 0 fully saturated rings. The highest BCUT2D eigenvalue weighted by Crippen LogP contribution is 2.31. The molecule has 0 bridgehead atoms. The standard InChI is InChI=1S/C10H10ClNO4/c1-5(13)12-8-3-6(10(14)15)7(11)4-9(8)16-2/h3-4H,1-2H3,(H,12,13)(H,14,15). The Labute approximate surface area is 97.0 Å². The van der Waals surface area contributed by atoms with Crippen LogP contribution in [0.1, 0.15) is 17.3 Å². The van der Waals surface area contributed by atoms with E-state index in [1.54, 1.807) is 0 Å². The number of ether oxygens (including phenoxy) is 1. The molecule has 16 heavy (non-hydrogen) atoms. The van der Waals surface area contributed by atoms with Crippen LogP contribution in [0.4, 0.5) is 5.69 Å². The van der Waals surface area contributed by atoms with E-state index in [-0.39, 0.29) is 22.2 Å². The molecule has 0 saturated heterocycles. The Bertz CT molecular complexity index is 445. The van der Waals surface area contributed by atoms with Crippen LogP contribution in [-0.4, -0.2) is 24.1 Å². The molecule has 0 aliphatic rings. The molecule has 1 amide bonds. The van der Waals surface area contributed by atoms with Gasteiger partial charge in [-0.05, 0) is 6.07 Å². The van der Waals surface area contributed by atoms with E-state index in [9.17, 15) is 9.59 Å². The molecule has 0 atom stereocenters. The zero-order valence-electron chi connectivity index (χ0n) is 8.70. The fourth-order valence-corrected chi connectivity index (χ4v) is 1.41. The summed E-state index contributed by atoms with van der Waals surface area (Å²) in [7, 11) is 1.40. The van der Waals surface area contributed by atoms with Gasteiger partial charge in [-0.25, -0.2) is 4.79 Å². The van der Waals surface area contributed by atoms with E-state index >= 15 is 0 Å². The molecule has 0 radical (unpaired) electrons. The molecule has 0 aliphatic carbocycles. The molecule has 2 N–H and O–H groups in total. The molecular weight excluding hydrogens is 234 g/mol. The lowest BCUT2D eigenvalue weighted by atomic mass is 10.2. The number of anilines is 1. The summed E-state index contributed by atoms with van der Waals surface area (Å²) in [5.41, 5.74) is 0.183. The number of hydrogen-bond donors (Lipinski definition) is 2. The predicted molar refractivity (Wildman–Crippen MR) is 59.3 cm³/mol. The maximum atomic E-state index is 10.9. The smallest absolute Gasteiger partial charge is 0.337 e. The second-order valence-electron chi connectivity index (χ2n) is 3.02. The number of rotatable bonds is 3. The van der Waals surface area contributed by atoms with Gasteiger partial charge in [-0.1, -0.05) is 11.6 Å². The number of methoxy groups -OCH3 is 1. The highest BCUT2D eigenvalue weighted by Gasteiger charge is 2.14.